The maximum atomic E-state index is 10.3. The fourth-order valence-corrected chi connectivity index (χ4v) is 2.63. The average Bonchev–Trinajstić information content (AvgIpc) is 2.84. The van der Waals surface area contributed by atoms with Crippen molar-refractivity contribution in [1.82, 2.24) is 4.98 Å². The molecular formula is C15H18N2O. The Morgan fingerprint density at radius 1 is 1.11 bits per heavy atom. The first-order valence-electron chi connectivity index (χ1n) is 6.57. The van der Waals surface area contributed by atoms with Crippen LogP contribution in [0.5, 0.6) is 0 Å². The fraction of sp³-hybridized carbons (Fsp3) is 0.400. The van der Waals surface area contributed by atoms with E-state index in [0.29, 0.717) is 6.54 Å². The van der Waals surface area contributed by atoms with Crippen LogP contribution >= 0.6 is 0 Å². The maximum absolute atomic E-state index is 10.3. The predicted molar refractivity (Wildman–Crippen MR) is 73.7 cm³/mol. The van der Waals surface area contributed by atoms with E-state index < -0.39 is 5.60 Å². The molecule has 0 saturated heterocycles. The average molecular weight is 242 g/mol. The molecule has 94 valence electrons. The highest BCUT2D eigenvalue weighted by atomic mass is 16.3. The number of anilines is 1. The number of nitrogens with zero attached hydrogens (tertiary/aromatic N) is 1. The normalized spacial score (nSPS) is 18.1. The van der Waals surface area contributed by atoms with Crippen LogP contribution in [0.25, 0.3) is 10.9 Å². The van der Waals surface area contributed by atoms with Crippen molar-refractivity contribution in [3.63, 3.8) is 0 Å². The van der Waals surface area contributed by atoms with Crippen LogP contribution in [-0.2, 0) is 0 Å². The van der Waals surface area contributed by atoms with Crippen LogP contribution in [0.3, 0.4) is 0 Å². The van der Waals surface area contributed by atoms with E-state index >= 15 is 0 Å². The molecule has 0 amide bonds. The summed E-state index contributed by atoms with van der Waals surface area (Å²) in [6.45, 7) is 0.596. The first kappa shape index (κ1) is 11.5. The van der Waals surface area contributed by atoms with E-state index in [0.717, 1.165) is 42.4 Å². The minimum Gasteiger partial charge on any atom is -0.388 e. The van der Waals surface area contributed by atoms with Crippen LogP contribution in [0.15, 0.2) is 36.4 Å². The van der Waals surface area contributed by atoms with Crippen LogP contribution in [0.1, 0.15) is 25.7 Å². The zero-order valence-corrected chi connectivity index (χ0v) is 10.4. The molecule has 0 radical (unpaired) electrons. The second kappa shape index (κ2) is 4.58. The molecule has 1 fully saturated rings. The van der Waals surface area contributed by atoms with E-state index in [1.54, 1.807) is 0 Å². The van der Waals surface area contributed by atoms with Gasteiger partial charge in [0.05, 0.1) is 11.1 Å². The van der Waals surface area contributed by atoms with E-state index in [9.17, 15) is 5.11 Å². The molecule has 1 aromatic heterocycles. The molecule has 1 aliphatic carbocycles. The van der Waals surface area contributed by atoms with Crippen LogP contribution in [0.2, 0.25) is 0 Å². The molecule has 1 aliphatic rings. The lowest BCUT2D eigenvalue weighted by atomic mass is 10.0. The number of para-hydroxylation sites is 1. The molecule has 2 aromatic rings. The molecule has 0 atom stereocenters. The van der Waals surface area contributed by atoms with Crippen LogP contribution in [-0.4, -0.2) is 22.2 Å². The highest BCUT2D eigenvalue weighted by Gasteiger charge is 2.30. The Kier molecular flexibility index (Phi) is 2.92. The van der Waals surface area contributed by atoms with Crippen LogP contribution in [0, 0.1) is 0 Å². The number of aliphatic hydroxyl groups is 1. The third kappa shape index (κ3) is 2.31. The number of pyridine rings is 1. The molecule has 0 bridgehead atoms. The molecule has 0 aliphatic heterocycles. The lowest BCUT2D eigenvalue weighted by Crippen LogP contribution is -2.33. The Morgan fingerprint density at radius 3 is 2.72 bits per heavy atom. The molecule has 3 rings (SSSR count). The molecule has 0 unspecified atom stereocenters. The highest BCUT2D eigenvalue weighted by molar-refractivity contribution is 5.80. The van der Waals surface area contributed by atoms with Crippen molar-refractivity contribution >= 4 is 16.7 Å². The number of aromatic nitrogens is 1. The second-order valence-corrected chi connectivity index (χ2v) is 5.17. The molecule has 3 heteroatoms. The van der Waals surface area contributed by atoms with E-state index in [1.807, 2.05) is 24.3 Å². The van der Waals surface area contributed by atoms with Crippen molar-refractivity contribution < 1.29 is 5.11 Å². The zero-order valence-electron chi connectivity index (χ0n) is 10.4. The lowest BCUT2D eigenvalue weighted by Gasteiger charge is -2.22. The van der Waals surface area contributed by atoms with Crippen molar-refractivity contribution in [2.75, 3.05) is 11.9 Å². The van der Waals surface area contributed by atoms with Crippen LogP contribution < -0.4 is 5.32 Å². The number of nitrogens with one attached hydrogen (secondary N) is 1. The van der Waals surface area contributed by atoms with E-state index in [2.05, 4.69) is 22.4 Å². The van der Waals surface area contributed by atoms with Crippen molar-refractivity contribution in [3.8, 4) is 0 Å². The van der Waals surface area contributed by atoms with Gasteiger partial charge in [-0.15, -0.1) is 0 Å². The van der Waals surface area contributed by atoms with Gasteiger partial charge in [0, 0.05) is 11.9 Å². The summed E-state index contributed by atoms with van der Waals surface area (Å²) in [7, 11) is 0. The Balaban J connectivity index is 1.74. The number of benzene rings is 1. The smallest absolute Gasteiger partial charge is 0.126 e. The minimum absolute atomic E-state index is 0.534. The first-order valence-corrected chi connectivity index (χ1v) is 6.57. The fourth-order valence-electron chi connectivity index (χ4n) is 2.63. The summed E-state index contributed by atoms with van der Waals surface area (Å²) in [4.78, 5) is 4.55. The van der Waals surface area contributed by atoms with E-state index in [-0.39, 0.29) is 0 Å². The molecule has 1 aromatic carbocycles. The van der Waals surface area contributed by atoms with Crippen molar-refractivity contribution in [2.24, 2.45) is 0 Å². The van der Waals surface area contributed by atoms with Gasteiger partial charge in [0.2, 0.25) is 0 Å². The van der Waals surface area contributed by atoms with E-state index in [4.69, 9.17) is 0 Å². The SMILES string of the molecule is OC1(CNc2ccc3ccccc3n2)CCCC1. The van der Waals surface area contributed by atoms with Gasteiger partial charge in [0.15, 0.2) is 0 Å². The summed E-state index contributed by atoms with van der Waals surface area (Å²) < 4.78 is 0. The minimum atomic E-state index is -0.534. The summed E-state index contributed by atoms with van der Waals surface area (Å²) in [6, 6.07) is 12.1. The predicted octanol–water partition coefficient (Wildman–Crippen LogP) is 2.95. The first-order chi connectivity index (χ1) is 8.75. The molecular weight excluding hydrogens is 224 g/mol. The van der Waals surface area contributed by atoms with Gasteiger partial charge >= 0.3 is 0 Å². The lowest BCUT2D eigenvalue weighted by molar-refractivity contribution is 0.0614. The second-order valence-electron chi connectivity index (χ2n) is 5.17. The van der Waals surface area contributed by atoms with Gasteiger partial charge in [-0.3, -0.25) is 0 Å². The molecule has 18 heavy (non-hydrogen) atoms. The Hall–Kier alpha value is -1.61. The highest BCUT2D eigenvalue weighted by Crippen LogP contribution is 2.29. The monoisotopic (exact) mass is 242 g/mol. The van der Waals surface area contributed by atoms with Gasteiger partial charge in [-0.25, -0.2) is 4.98 Å². The molecule has 3 nitrogen and oxygen atoms in total. The van der Waals surface area contributed by atoms with Gasteiger partial charge in [0.25, 0.3) is 0 Å². The number of rotatable bonds is 3. The van der Waals surface area contributed by atoms with Gasteiger partial charge < -0.3 is 10.4 Å². The third-order valence-corrected chi connectivity index (χ3v) is 3.73. The summed E-state index contributed by atoms with van der Waals surface area (Å²) in [5.74, 6) is 0.842. The third-order valence-electron chi connectivity index (χ3n) is 3.73. The molecule has 0 spiro atoms. The summed E-state index contributed by atoms with van der Waals surface area (Å²) in [6.07, 6.45) is 4.05. The van der Waals surface area contributed by atoms with Gasteiger partial charge in [-0.1, -0.05) is 31.0 Å². The van der Waals surface area contributed by atoms with Crippen molar-refractivity contribution in [2.45, 2.75) is 31.3 Å². The summed E-state index contributed by atoms with van der Waals surface area (Å²) >= 11 is 0. The number of fused-ring (bicyclic) bond motifs is 1. The van der Waals surface area contributed by atoms with Crippen molar-refractivity contribution in [3.05, 3.63) is 36.4 Å². The van der Waals surface area contributed by atoms with E-state index in [1.165, 1.54) is 0 Å². The molecule has 1 heterocycles. The summed E-state index contributed by atoms with van der Waals surface area (Å²) in [5.41, 5.74) is 0.453. The van der Waals surface area contributed by atoms with Gasteiger partial charge in [-0.05, 0) is 31.0 Å². The number of hydrogen-bond donors (Lipinski definition) is 2. The van der Waals surface area contributed by atoms with Crippen LogP contribution in [0.4, 0.5) is 5.82 Å². The Morgan fingerprint density at radius 2 is 1.89 bits per heavy atom. The van der Waals surface area contributed by atoms with Gasteiger partial charge in [0.1, 0.15) is 5.82 Å². The van der Waals surface area contributed by atoms with Crippen molar-refractivity contribution in [1.29, 1.82) is 0 Å². The molecule has 1 saturated carbocycles. The maximum Gasteiger partial charge on any atom is 0.126 e. The standard InChI is InChI=1S/C15H18N2O/c18-15(9-3-4-10-15)11-16-14-8-7-12-5-1-2-6-13(12)17-14/h1-2,5-8,18H,3-4,9-11H2,(H,16,17). The topological polar surface area (TPSA) is 45.1 Å². The Bertz CT molecular complexity index is 547. The summed E-state index contributed by atoms with van der Waals surface area (Å²) in [5, 5.41) is 14.7. The zero-order chi connectivity index (χ0) is 12.4. The number of hydrogen-bond acceptors (Lipinski definition) is 3. The largest absolute Gasteiger partial charge is 0.388 e. The molecule has 2 N–H and O–H groups in total. The quantitative estimate of drug-likeness (QED) is 0.869. The Labute approximate surface area is 107 Å². The van der Waals surface area contributed by atoms with Gasteiger partial charge in [-0.2, -0.15) is 0 Å².